The molecule has 2 aromatic heterocycles. The molecule has 1 aromatic carbocycles. The summed E-state index contributed by atoms with van der Waals surface area (Å²) >= 11 is 6.45. The molecule has 0 unspecified atom stereocenters. The van der Waals surface area contributed by atoms with E-state index in [2.05, 4.69) is 36.8 Å². The number of thiophene rings is 1. The molecular weight excluding hydrogens is 396 g/mol. The fourth-order valence-corrected chi connectivity index (χ4v) is 4.09. The molecule has 2 heterocycles. The molecule has 0 bridgehead atoms. The average molecular weight is 409 g/mol. The number of hydrazone groups is 1. The Morgan fingerprint density at radius 3 is 2.87 bits per heavy atom. The van der Waals surface area contributed by atoms with Crippen LogP contribution in [0, 0.1) is 0 Å². The molecule has 0 saturated heterocycles. The topological polar surface area (TPSA) is 66.4 Å². The zero-order valence-electron chi connectivity index (χ0n) is 12.1. The second kappa shape index (κ2) is 7.20. The lowest BCUT2D eigenvalue weighted by Gasteiger charge is -2.10. The first-order valence-corrected chi connectivity index (χ1v) is 9.25. The molecule has 0 aliphatic rings. The largest absolute Gasteiger partial charge is 0.350 e. The molecule has 0 saturated carbocycles. The van der Waals surface area contributed by atoms with Gasteiger partial charge in [0.25, 0.3) is 5.91 Å². The standard InChI is InChI=1S/C15H13BrN4OS2/c1-9(14(21)20-17-8-10-6-7-13(16)22-10)18-15-19-11-4-2-3-5-12(11)23-15/h2-9H,1H3,(H,18,19)(H,20,21)/b17-8-/t9-/m1/s1. The molecule has 2 N–H and O–H groups in total. The van der Waals surface area contributed by atoms with E-state index in [0.717, 1.165) is 24.0 Å². The molecule has 118 valence electrons. The lowest BCUT2D eigenvalue weighted by Crippen LogP contribution is -2.34. The number of nitrogens with one attached hydrogen (secondary N) is 2. The Kier molecular flexibility index (Phi) is 5.04. The fraction of sp³-hybridized carbons (Fsp3) is 0.133. The monoisotopic (exact) mass is 408 g/mol. The molecule has 0 fully saturated rings. The predicted molar refractivity (Wildman–Crippen MR) is 100 cm³/mol. The van der Waals surface area contributed by atoms with Gasteiger partial charge in [-0.1, -0.05) is 23.5 Å². The van der Waals surface area contributed by atoms with Crippen LogP contribution in [0.1, 0.15) is 11.8 Å². The van der Waals surface area contributed by atoms with Crippen molar-refractivity contribution in [3.8, 4) is 0 Å². The Bertz CT molecular complexity index is 825. The molecule has 23 heavy (non-hydrogen) atoms. The number of fused-ring (bicyclic) bond motifs is 1. The lowest BCUT2D eigenvalue weighted by atomic mass is 10.3. The summed E-state index contributed by atoms with van der Waals surface area (Å²) in [7, 11) is 0. The number of halogens is 1. The quantitative estimate of drug-likeness (QED) is 0.493. The zero-order valence-corrected chi connectivity index (χ0v) is 15.3. The number of para-hydroxylation sites is 1. The summed E-state index contributed by atoms with van der Waals surface area (Å²) in [6, 6.07) is 11.3. The molecule has 8 heteroatoms. The Hall–Kier alpha value is -1.77. The minimum absolute atomic E-state index is 0.212. The first-order chi connectivity index (χ1) is 11.1. The summed E-state index contributed by atoms with van der Waals surface area (Å²) in [5, 5.41) is 7.79. The first kappa shape index (κ1) is 16.1. The van der Waals surface area contributed by atoms with Crippen molar-refractivity contribution in [3.05, 3.63) is 45.1 Å². The summed E-state index contributed by atoms with van der Waals surface area (Å²) in [4.78, 5) is 17.5. The highest BCUT2D eigenvalue weighted by atomic mass is 79.9. The van der Waals surface area contributed by atoms with Crippen molar-refractivity contribution in [1.29, 1.82) is 0 Å². The number of thiazole rings is 1. The summed E-state index contributed by atoms with van der Waals surface area (Å²) in [6.45, 7) is 1.78. The number of amides is 1. The minimum atomic E-state index is -0.428. The normalized spacial score (nSPS) is 12.6. The van der Waals surface area contributed by atoms with E-state index in [1.165, 1.54) is 11.3 Å². The van der Waals surface area contributed by atoms with Gasteiger partial charge < -0.3 is 5.32 Å². The maximum absolute atomic E-state index is 12.0. The third-order valence-corrected chi connectivity index (χ3v) is 5.51. The highest BCUT2D eigenvalue weighted by Crippen LogP contribution is 2.25. The van der Waals surface area contributed by atoms with Crippen molar-refractivity contribution in [3.63, 3.8) is 0 Å². The third kappa shape index (κ3) is 4.15. The van der Waals surface area contributed by atoms with Gasteiger partial charge in [0.05, 0.1) is 20.2 Å². The summed E-state index contributed by atoms with van der Waals surface area (Å²) in [5.74, 6) is -0.212. The van der Waals surface area contributed by atoms with Crippen LogP contribution in [0.2, 0.25) is 0 Å². The number of carbonyl (C=O) groups is 1. The second-order valence-electron chi connectivity index (χ2n) is 4.73. The van der Waals surface area contributed by atoms with Crippen LogP contribution in [0.5, 0.6) is 0 Å². The average Bonchev–Trinajstić information content (AvgIpc) is 3.12. The van der Waals surface area contributed by atoms with Gasteiger partial charge in [0, 0.05) is 4.88 Å². The SMILES string of the molecule is C[C@@H](Nc1nc2ccccc2s1)C(=O)N/N=C\c1ccc(Br)s1. The fourth-order valence-electron chi connectivity index (χ4n) is 1.84. The lowest BCUT2D eigenvalue weighted by molar-refractivity contribution is -0.121. The van der Waals surface area contributed by atoms with Crippen LogP contribution in [-0.2, 0) is 4.79 Å². The van der Waals surface area contributed by atoms with E-state index in [4.69, 9.17) is 0 Å². The van der Waals surface area contributed by atoms with Crippen LogP contribution >= 0.6 is 38.6 Å². The van der Waals surface area contributed by atoms with E-state index in [9.17, 15) is 4.79 Å². The van der Waals surface area contributed by atoms with Crippen LogP contribution in [0.3, 0.4) is 0 Å². The van der Waals surface area contributed by atoms with Crippen LogP contribution in [0.15, 0.2) is 45.3 Å². The highest BCUT2D eigenvalue weighted by Gasteiger charge is 2.14. The molecule has 0 aliphatic carbocycles. The van der Waals surface area contributed by atoms with Crippen LogP contribution in [-0.4, -0.2) is 23.1 Å². The van der Waals surface area contributed by atoms with Gasteiger partial charge in [0.2, 0.25) is 0 Å². The number of rotatable bonds is 5. The van der Waals surface area contributed by atoms with Crippen molar-refractivity contribution in [2.45, 2.75) is 13.0 Å². The highest BCUT2D eigenvalue weighted by molar-refractivity contribution is 9.11. The van der Waals surface area contributed by atoms with Crippen molar-refractivity contribution in [1.82, 2.24) is 10.4 Å². The van der Waals surface area contributed by atoms with Gasteiger partial charge in [-0.2, -0.15) is 5.10 Å². The van der Waals surface area contributed by atoms with Crippen LogP contribution < -0.4 is 10.7 Å². The number of anilines is 1. The summed E-state index contributed by atoms with van der Waals surface area (Å²) in [6.07, 6.45) is 1.62. The number of hydrogen-bond acceptors (Lipinski definition) is 6. The van der Waals surface area contributed by atoms with Gasteiger partial charge in [-0.05, 0) is 47.1 Å². The van der Waals surface area contributed by atoms with Crippen molar-refractivity contribution in [2.75, 3.05) is 5.32 Å². The van der Waals surface area contributed by atoms with Gasteiger partial charge in [0.15, 0.2) is 5.13 Å². The Balaban J connectivity index is 1.57. The molecule has 1 atom stereocenters. The minimum Gasteiger partial charge on any atom is -0.350 e. The molecule has 3 aromatic rings. The number of carbonyl (C=O) groups excluding carboxylic acids is 1. The van der Waals surface area contributed by atoms with Gasteiger partial charge in [-0.15, -0.1) is 11.3 Å². The summed E-state index contributed by atoms with van der Waals surface area (Å²) in [5.41, 5.74) is 3.46. The van der Waals surface area contributed by atoms with Gasteiger partial charge in [-0.25, -0.2) is 10.4 Å². The Morgan fingerprint density at radius 1 is 1.30 bits per heavy atom. The number of nitrogens with zero attached hydrogens (tertiary/aromatic N) is 2. The maximum Gasteiger partial charge on any atom is 0.262 e. The maximum atomic E-state index is 12.0. The second-order valence-corrected chi connectivity index (χ2v) is 8.25. The number of benzene rings is 1. The van der Waals surface area contributed by atoms with Gasteiger partial charge in [0.1, 0.15) is 6.04 Å². The van der Waals surface area contributed by atoms with Crippen molar-refractivity contribution in [2.24, 2.45) is 5.10 Å². The van der Waals surface area contributed by atoms with Crippen LogP contribution in [0.25, 0.3) is 10.2 Å². The van der Waals surface area contributed by atoms with Crippen molar-refractivity contribution >= 4 is 66.1 Å². The van der Waals surface area contributed by atoms with Gasteiger partial charge in [-0.3, -0.25) is 4.79 Å². The Morgan fingerprint density at radius 2 is 2.13 bits per heavy atom. The molecule has 1 amide bonds. The Labute approximate surface area is 149 Å². The van der Waals surface area contributed by atoms with Crippen LogP contribution in [0.4, 0.5) is 5.13 Å². The predicted octanol–water partition coefficient (Wildman–Crippen LogP) is 4.07. The van der Waals surface area contributed by atoms with Gasteiger partial charge >= 0.3 is 0 Å². The van der Waals surface area contributed by atoms with E-state index in [1.807, 2.05) is 36.4 Å². The third-order valence-electron chi connectivity index (χ3n) is 2.99. The molecule has 3 rings (SSSR count). The molecule has 5 nitrogen and oxygen atoms in total. The molecule has 0 spiro atoms. The number of aromatic nitrogens is 1. The first-order valence-electron chi connectivity index (χ1n) is 6.82. The molecular formula is C15H13BrN4OS2. The smallest absolute Gasteiger partial charge is 0.262 e. The van der Waals surface area contributed by atoms with Crippen molar-refractivity contribution < 1.29 is 4.79 Å². The molecule has 0 radical (unpaired) electrons. The van der Waals surface area contributed by atoms with E-state index in [1.54, 1.807) is 24.5 Å². The van der Waals surface area contributed by atoms with E-state index < -0.39 is 6.04 Å². The summed E-state index contributed by atoms with van der Waals surface area (Å²) < 4.78 is 2.11. The van der Waals surface area contributed by atoms with E-state index >= 15 is 0 Å². The number of hydrogen-bond donors (Lipinski definition) is 2. The zero-order chi connectivity index (χ0) is 16.2. The molecule has 0 aliphatic heterocycles. The van der Waals surface area contributed by atoms with E-state index in [-0.39, 0.29) is 5.91 Å². The van der Waals surface area contributed by atoms with E-state index in [0.29, 0.717) is 0 Å².